The second kappa shape index (κ2) is 10.1. The van der Waals surface area contributed by atoms with Gasteiger partial charge < -0.3 is 4.74 Å². The molecule has 2 aromatic carbocycles. The zero-order valence-corrected chi connectivity index (χ0v) is 18.6. The molecule has 0 unspecified atom stereocenters. The topological polar surface area (TPSA) is 45.7 Å². The molecule has 1 aliphatic heterocycles. The van der Waals surface area contributed by atoms with Gasteiger partial charge in [-0.3, -0.25) is 14.6 Å². The standard InChI is InChI=1S/C21H21ClFN3O2S2/c22-15-4-6-16(7-5-15)29-14-19(27)26(9-8-25-10-12-28-13-11-25)21-24-20-17(23)2-1-3-18(20)30-21/h1-7H,8-14H2. The van der Waals surface area contributed by atoms with Crippen molar-refractivity contribution in [2.75, 3.05) is 50.0 Å². The predicted octanol–water partition coefficient (Wildman–Crippen LogP) is 4.55. The van der Waals surface area contributed by atoms with Crippen LogP contribution in [0.2, 0.25) is 5.02 Å². The van der Waals surface area contributed by atoms with Crippen molar-refractivity contribution in [3.8, 4) is 0 Å². The van der Waals surface area contributed by atoms with E-state index < -0.39 is 0 Å². The number of fused-ring (bicyclic) bond motifs is 1. The lowest BCUT2D eigenvalue weighted by molar-refractivity contribution is -0.116. The SMILES string of the molecule is O=C(CSc1ccc(Cl)cc1)N(CCN1CCOCC1)c1nc2c(F)cccc2s1. The number of hydrogen-bond acceptors (Lipinski definition) is 6. The zero-order chi connectivity index (χ0) is 20.9. The zero-order valence-electron chi connectivity index (χ0n) is 16.2. The summed E-state index contributed by atoms with van der Waals surface area (Å²) in [6.07, 6.45) is 0. The van der Waals surface area contributed by atoms with Gasteiger partial charge >= 0.3 is 0 Å². The van der Waals surface area contributed by atoms with Crippen LogP contribution in [-0.4, -0.2) is 60.9 Å². The number of aromatic nitrogens is 1. The van der Waals surface area contributed by atoms with E-state index in [1.165, 1.54) is 29.2 Å². The highest BCUT2D eigenvalue weighted by atomic mass is 35.5. The first-order valence-corrected chi connectivity index (χ1v) is 11.8. The first-order chi connectivity index (χ1) is 14.6. The minimum atomic E-state index is -0.369. The van der Waals surface area contributed by atoms with Crippen LogP contribution in [0.15, 0.2) is 47.4 Å². The van der Waals surface area contributed by atoms with Crippen LogP contribution in [0.4, 0.5) is 9.52 Å². The summed E-state index contributed by atoms with van der Waals surface area (Å²) in [5.74, 6) is -0.155. The molecule has 1 saturated heterocycles. The lowest BCUT2D eigenvalue weighted by Gasteiger charge is -2.29. The van der Waals surface area contributed by atoms with E-state index in [0.29, 0.717) is 35.4 Å². The number of amides is 1. The molecule has 30 heavy (non-hydrogen) atoms. The smallest absolute Gasteiger partial charge is 0.239 e. The Bertz CT molecular complexity index is 1010. The summed E-state index contributed by atoms with van der Waals surface area (Å²) in [7, 11) is 0. The van der Waals surface area contributed by atoms with Gasteiger partial charge in [0.25, 0.3) is 0 Å². The maximum atomic E-state index is 14.1. The second-order valence-electron chi connectivity index (χ2n) is 6.83. The molecule has 0 radical (unpaired) electrons. The van der Waals surface area contributed by atoms with Crippen molar-refractivity contribution >= 4 is 56.0 Å². The van der Waals surface area contributed by atoms with E-state index in [1.807, 2.05) is 18.2 Å². The molecule has 1 aliphatic rings. The molecule has 0 bridgehead atoms. The molecule has 1 fully saturated rings. The largest absolute Gasteiger partial charge is 0.379 e. The van der Waals surface area contributed by atoms with Gasteiger partial charge in [-0.25, -0.2) is 9.37 Å². The summed E-state index contributed by atoms with van der Waals surface area (Å²) < 4.78 is 20.3. The number of nitrogens with zero attached hydrogens (tertiary/aromatic N) is 3. The Morgan fingerprint density at radius 2 is 2.00 bits per heavy atom. The molecule has 9 heteroatoms. The number of thioether (sulfide) groups is 1. The summed E-state index contributed by atoms with van der Waals surface area (Å²) in [6.45, 7) is 4.31. The summed E-state index contributed by atoms with van der Waals surface area (Å²) in [5, 5.41) is 1.19. The summed E-state index contributed by atoms with van der Waals surface area (Å²) in [6, 6.07) is 12.3. The van der Waals surface area contributed by atoms with Crippen LogP contribution < -0.4 is 4.90 Å². The monoisotopic (exact) mass is 465 g/mol. The van der Waals surface area contributed by atoms with E-state index in [1.54, 1.807) is 23.1 Å². The van der Waals surface area contributed by atoms with Crippen LogP contribution in [-0.2, 0) is 9.53 Å². The van der Waals surface area contributed by atoms with Crippen molar-refractivity contribution in [2.24, 2.45) is 0 Å². The van der Waals surface area contributed by atoms with E-state index in [4.69, 9.17) is 16.3 Å². The number of thiazole rings is 1. The molecular formula is C21H21ClFN3O2S2. The van der Waals surface area contributed by atoms with E-state index in [2.05, 4.69) is 9.88 Å². The van der Waals surface area contributed by atoms with Crippen molar-refractivity contribution in [1.82, 2.24) is 9.88 Å². The average Bonchev–Trinajstić information content (AvgIpc) is 3.19. The van der Waals surface area contributed by atoms with E-state index in [-0.39, 0.29) is 17.5 Å². The van der Waals surface area contributed by atoms with Gasteiger partial charge in [-0.15, -0.1) is 11.8 Å². The van der Waals surface area contributed by atoms with Crippen molar-refractivity contribution < 1.29 is 13.9 Å². The number of ether oxygens (including phenoxy) is 1. The fourth-order valence-corrected chi connectivity index (χ4v) is 5.09. The van der Waals surface area contributed by atoms with Crippen LogP contribution in [0.3, 0.4) is 0 Å². The molecule has 2 heterocycles. The normalized spacial score (nSPS) is 14.9. The number of halogens is 2. The van der Waals surface area contributed by atoms with Crippen molar-refractivity contribution in [3.63, 3.8) is 0 Å². The molecule has 1 amide bonds. The number of benzene rings is 2. The first kappa shape index (κ1) is 21.5. The van der Waals surface area contributed by atoms with Crippen molar-refractivity contribution in [3.05, 3.63) is 53.3 Å². The third kappa shape index (κ3) is 5.31. The minimum Gasteiger partial charge on any atom is -0.379 e. The number of morpholine rings is 1. The lowest BCUT2D eigenvalue weighted by Crippen LogP contribution is -2.43. The highest BCUT2D eigenvalue weighted by molar-refractivity contribution is 8.00. The Kier molecular flexibility index (Phi) is 7.22. The first-order valence-electron chi connectivity index (χ1n) is 9.64. The minimum absolute atomic E-state index is 0.0531. The molecule has 158 valence electrons. The molecule has 0 aliphatic carbocycles. The Hall–Kier alpha value is -1.71. The van der Waals surface area contributed by atoms with E-state index >= 15 is 0 Å². The fourth-order valence-electron chi connectivity index (χ4n) is 3.17. The third-order valence-electron chi connectivity index (χ3n) is 4.81. The Morgan fingerprint density at radius 3 is 2.73 bits per heavy atom. The van der Waals surface area contributed by atoms with Crippen LogP contribution in [0.25, 0.3) is 10.2 Å². The van der Waals surface area contributed by atoms with E-state index in [9.17, 15) is 9.18 Å². The number of carbonyl (C=O) groups excluding carboxylic acids is 1. The Balaban J connectivity index is 1.51. The molecule has 0 N–H and O–H groups in total. The summed E-state index contributed by atoms with van der Waals surface area (Å²) in [5.41, 5.74) is 0.312. The molecule has 0 saturated carbocycles. The van der Waals surface area contributed by atoms with Gasteiger partial charge in [0.05, 0.1) is 23.7 Å². The lowest BCUT2D eigenvalue weighted by atomic mass is 10.3. The van der Waals surface area contributed by atoms with Gasteiger partial charge in [0.1, 0.15) is 11.3 Å². The van der Waals surface area contributed by atoms with Crippen LogP contribution in [0.1, 0.15) is 0 Å². The fraction of sp³-hybridized carbons (Fsp3) is 0.333. The van der Waals surface area contributed by atoms with Gasteiger partial charge in [-0.1, -0.05) is 29.0 Å². The maximum absolute atomic E-state index is 14.1. The molecule has 4 rings (SSSR count). The summed E-state index contributed by atoms with van der Waals surface area (Å²) in [4.78, 5) is 22.5. The van der Waals surface area contributed by atoms with Gasteiger partial charge in [0, 0.05) is 36.1 Å². The van der Waals surface area contributed by atoms with Crippen molar-refractivity contribution in [2.45, 2.75) is 4.90 Å². The number of anilines is 1. The average molecular weight is 466 g/mol. The third-order valence-corrected chi connectivity index (χ3v) is 7.10. The van der Waals surface area contributed by atoms with Gasteiger partial charge in [-0.2, -0.15) is 0 Å². The maximum Gasteiger partial charge on any atom is 0.239 e. The van der Waals surface area contributed by atoms with Crippen LogP contribution in [0, 0.1) is 5.82 Å². The second-order valence-corrected chi connectivity index (χ2v) is 9.32. The van der Waals surface area contributed by atoms with E-state index in [0.717, 1.165) is 29.2 Å². The molecule has 0 atom stereocenters. The Morgan fingerprint density at radius 1 is 1.23 bits per heavy atom. The summed E-state index contributed by atoms with van der Waals surface area (Å²) >= 11 is 8.73. The number of rotatable bonds is 7. The highest BCUT2D eigenvalue weighted by Gasteiger charge is 2.22. The number of hydrogen-bond donors (Lipinski definition) is 0. The molecule has 5 nitrogen and oxygen atoms in total. The number of carbonyl (C=O) groups is 1. The van der Waals surface area contributed by atoms with Gasteiger partial charge in [-0.05, 0) is 36.4 Å². The molecular weight excluding hydrogens is 445 g/mol. The quantitative estimate of drug-likeness (QED) is 0.479. The molecule has 3 aromatic rings. The van der Waals surface area contributed by atoms with Crippen LogP contribution >= 0.6 is 34.7 Å². The molecule has 1 aromatic heterocycles. The number of para-hydroxylation sites is 1. The van der Waals surface area contributed by atoms with Gasteiger partial charge in [0.15, 0.2) is 5.13 Å². The Labute approximate surface area is 187 Å². The van der Waals surface area contributed by atoms with Gasteiger partial charge in [0.2, 0.25) is 5.91 Å². The van der Waals surface area contributed by atoms with Crippen molar-refractivity contribution in [1.29, 1.82) is 0 Å². The molecule has 0 spiro atoms. The predicted molar refractivity (Wildman–Crippen MR) is 121 cm³/mol. The van der Waals surface area contributed by atoms with Crippen LogP contribution in [0.5, 0.6) is 0 Å². The highest BCUT2D eigenvalue weighted by Crippen LogP contribution is 2.31.